The number of carbonyl (C=O) groups excluding carboxylic acids is 2. The topological polar surface area (TPSA) is 71.1 Å². The Balaban J connectivity index is 1.95. The lowest BCUT2D eigenvalue weighted by atomic mass is 9.95. The summed E-state index contributed by atoms with van der Waals surface area (Å²) in [6.07, 6.45) is 1.36. The Morgan fingerprint density at radius 2 is 1.82 bits per heavy atom. The molecule has 28 heavy (non-hydrogen) atoms. The average Bonchev–Trinajstić information content (AvgIpc) is 2.73. The molecular weight excluding hydrogens is 358 g/mol. The van der Waals surface area contributed by atoms with E-state index in [0.29, 0.717) is 44.8 Å². The Hall–Kier alpha value is -2.44. The molecule has 1 aliphatic heterocycles. The van der Waals surface area contributed by atoms with Gasteiger partial charge in [-0.05, 0) is 51.8 Å². The number of amides is 3. The van der Waals surface area contributed by atoms with Crippen molar-refractivity contribution < 1.29 is 19.1 Å². The fourth-order valence-corrected chi connectivity index (χ4v) is 3.61. The highest BCUT2D eigenvalue weighted by Gasteiger charge is 2.29. The second-order valence-electron chi connectivity index (χ2n) is 7.05. The molecule has 0 spiro atoms. The van der Waals surface area contributed by atoms with Crippen LogP contribution < -0.4 is 14.8 Å². The van der Waals surface area contributed by atoms with Crippen LogP contribution in [-0.4, -0.2) is 62.1 Å². The summed E-state index contributed by atoms with van der Waals surface area (Å²) in [6, 6.07) is 5.43. The minimum Gasteiger partial charge on any atom is -0.497 e. The molecule has 0 aliphatic carbocycles. The van der Waals surface area contributed by atoms with Crippen LogP contribution in [0.25, 0.3) is 0 Å². The van der Waals surface area contributed by atoms with E-state index in [4.69, 9.17) is 9.47 Å². The van der Waals surface area contributed by atoms with Crippen LogP contribution in [0.1, 0.15) is 45.2 Å². The fourth-order valence-electron chi connectivity index (χ4n) is 3.61. The molecule has 0 saturated carbocycles. The standard InChI is InChI=1S/C21H33N3O4/c1-6-23(7-2)21(26)24-12-10-16(11-13-24)20(25)22-15(3)18-14-17(27-4)8-9-19(18)28-5/h8-9,14-16H,6-7,10-13H2,1-5H3,(H,22,25). The number of hydrogen-bond acceptors (Lipinski definition) is 4. The number of urea groups is 1. The number of nitrogens with zero attached hydrogens (tertiary/aromatic N) is 2. The largest absolute Gasteiger partial charge is 0.497 e. The van der Waals surface area contributed by atoms with Crippen molar-refractivity contribution >= 4 is 11.9 Å². The lowest BCUT2D eigenvalue weighted by Crippen LogP contribution is -2.48. The van der Waals surface area contributed by atoms with E-state index in [9.17, 15) is 9.59 Å². The molecule has 156 valence electrons. The number of piperidine rings is 1. The van der Waals surface area contributed by atoms with Gasteiger partial charge in [-0.15, -0.1) is 0 Å². The van der Waals surface area contributed by atoms with E-state index in [1.165, 1.54) is 0 Å². The first-order chi connectivity index (χ1) is 13.4. The molecule has 1 fully saturated rings. The fraction of sp³-hybridized carbons (Fsp3) is 0.619. The number of ether oxygens (including phenoxy) is 2. The van der Waals surface area contributed by atoms with E-state index in [-0.39, 0.29) is 23.9 Å². The zero-order valence-corrected chi connectivity index (χ0v) is 17.7. The molecule has 0 bridgehead atoms. The van der Waals surface area contributed by atoms with Crippen LogP contribution in [-0.2, 0) is 4.79 Å². The van der Waals surface area contributed by atoms with Gasteiger partial charge >= 0.3 is 6.03 Å². The second-order valence-corrected chi connectivity index (χ2v) is 7.05. The quantitative estimate of drug-likeness (QED) is 0.775. The first-order valence-electron chi connectivity index (χ1n) is 10.0. The smallest absolute Gasteiger partial charge is 0.319 e. The summed E-state index contributed by atoms with van der Waals surface area (Å²) in [6.45, 7) is 8.54. The lowest BCUT2D eigenvalue weighted by molar-refractivity contribution is -0.127. The van der Waals surface area contributed by atoms with Gasteiger partial charge in [-0.2, -0.15) is 0 Å². The van der Waals surface area contributed by atoms with Crippen LogP contribution in [0.4, 0.5) is 4.79 Å². The van der Waals surface area contributed by atoms with Crippen molar-refractivity contribution in [3.8, 4) is 11.5 Å². The number of nitrogens with one attached hydrogen (secondary N) is 1. The Morgan fingerprint density at radius 1 is 1.18 bits per heavy atom. The Kier molecular flexibility index (Phi) is 7.96. The van der Waals surface area contributed by atoms with Crippen molar-refractivity contribution in [3.63, 3.8) is 0 Å². The maximum atomic E-state index is 12.8. The van der Waals surface area contributed by atoms with Gasteiger partial charge in [0.1, 0.15) is 11.5 Å². The van der Waals surface area contributed by atoms with Crippen molar-refractivity contribution in [1.82, 2.24) is 15.1 Å². The summed E-state index contributed by atoms with van der Waals surface area (Å²) in [4.78, 5) is 28.9. The highest BCUT2D eigenvalue weighted by atomic mass is 16.5. The van der Waals surface area contributed by atoms with Crippen molar-refractivity contribution in [2.75, 3.05) is 40.4 Å². The maximum Gasteiger partial charge on any atom is 0.319 e. The van der Waals surface area contributed by atoms with Gasteiger partial charge in [-0.25, -0.2) is 4.79 Å². The van der Waals surface area contributed by atoms with Crippen molar-refractivity contribution in [3.05, 3.63) is 23.8 Å². The first kappa shape index (κ1) is 21.9. The van der Waals surface area contributed by atoms with E-state index in [1.54, 1.807) is 14.2 Å². The van der Waals surface area contributed by atoms with Gasteiger partial charge in [0.05, 0.1) is 20.3 Å². The lowest BCUT2D eigenvalue weighted by Gasteiger charge is -2.35. The minimum atomic E-state index is -0.201. The second kappa shape index (κ2) is 10.2. The highest BCUT2D eigenvalue weighted by Crippen LogP contribution is 2.30. The summed E-state index contributed by atoms with van der Waals surface area (Å²) in [5.74, 6) is 1.38. The normalized spacial score (nSPS) is 15.7. The zero-order valence-electron chi connectivity index (χ0n) is 17.7. The molecule has 1 unspecified atom stereocenters. The average molecular weight is 392 g/mol. The van der Waals surface area contributed by atoms with Crippen LogP contribution in [0.2, 0.25) is 0 Å². The monoisotopic (exact) mass is 391 g/mol. The van der Waals surface area contributed by atoms with Gasteiger partial charge in [0.15, 0.2) is 0 Å². The molecule has 1 N–H and O–H groups in total. The van der Waals surface area contributed by atoms with Crippen LogP contribution >= 0.6 is 0 Å². The number of likely N-dealkylation sites (tertiary alicyclic amines) is 1. The zero-order chi connectivity index (χ0) is 20.7. The highest BCUT2D eigenvalue weighted by molar-refractivity contribution is 5.80. The third-order valence-electron chi connectivity index (χ3n) is 5.43. The third-order valence-corrected chi connectivity index (χ3v) is 5.43. The van der Waals surface area contributed by atoms with Crippen molar-refractivity contribution in [2.45, 2.75) is 39.7 Å². The Bertz CT molecular complexity index is 668. The molecule has 3 amide bonds. The molecule has 2 rings (SSSR count). The number of benzene rings is 1. The molecule has 1 aliphatic rings. The molecular formula is C21H33N3O4. The summed E-state index contributed by atoms with van der Waals surface area (Å²) in [5.41, 5.74) is 0.879. The van der Waals surface area contributed by atoms with Crippen LogP contribution in [0.15, 0.2) is 18.2 Å². The first-order valence-corrected chi connectivity index (χ1v) is 10.0. The summed E-state index contributed by atoms with van der Waals surface area (Å²) in [5, 5.41) is 3.09. The van der Waals surface area contributed by atoms with Gasteiger partial charge in [-0.1, -0.05) is 0 Å². The third kappa shape index (κ3) is 5.09. The molecule has 7 heteroatoms. The van der Waals surface area contributed by atoms with Crippen LogP contribution in [0.3, 0.4) is 0 Å². The minimum absolute atomic E-state index is 0.0207. The summed E-state index contributed by atoms with van der Waals surface area (Å²) < 4.78 is 10.7. The molecule has 1 saturated heterocycles. The molecule has 7 nitrogen and oxygen atoms in total. The van der Waals surface area contributed by atoms with E-state index in [2.05, 4.69) is 5.32 Å². The predicted molar refractivity (Wildman–Crippen MR) is 109 cm³/mol. The predicted octanol–water partition coefficient (Wildman–Crippen LogP) is 3.05. The number of hydrogen-bond donors (Lipinski definition) is 1. The van der Waals surface area contributed by atoms with Gasteiger partial charge in [0, 0.05) is 37.7 Å². The van der Waals surface area contributed by atoms with Gasteiger partial charge in [0.25, 0.3) is 0 Å². The van der Waals surface area contributed by atoms with Gasteiger partial charge in [0.2, 0.25) is 5.91 Å². The van der Waals surface area contributed by atoms with Crippen LogP contribution in [0.5, 0.6) is 11.5 Å². The SMILES string of the molecule is CCN(CC)C(=O)N1CCC(C(=O)NC(C)c2cc(OC)ccc2OC)CC1. The molecule has 0 radical (unpaired) electrons. The number of carbonyl (C=O) groups is 2. The summed E-state index contributed by atoms with van der Waals surface area (Å²) in [7, 11) is 3.23. The Labute approximate surface area is 168 Å². The van der Waals surface area contributed by atoms with Crippen molar-refractivity contribution in [1.29, 1.82) is 0 Å². The van der Waals surface area contributed by atoms with E-state index in [1.807, 2.05) is 48.8 Å². The van der Waals surface area contributed by atoms with E-state index < -0.39 is 0 Å². The van der Waals surface area contributed by atoms with Gasteiger partial charge < -0.3 is 24.6 Å². The van der Waals surface area contributed by atoms with Gasteiger partial charge in [-0.3, -0.25) is 4.79 Å². The molecule has 1 atom stereocenters. The number of rotatable bonds is 7. The molecule has 0 aromatic heterocycles. The van der Waals surface area contributed by atoms with Crippen LogP contribution in [0, 0.1) is 5.92 Å². The maximum absolute atomic E-state index is 12.8. The van der Waals surface area contributed by atoms with E-state index >= 15 is 0 Å². The molecule has 1 aromatic rings. The van der Waals surface area contributed by atoms with E-state index in [0.717, 1.165) is 11.3 Å². The van der Waals surface area contributed by atoms with Crippen molar-refractivity contribution in [2.24, 2.45) is 5.92 Å². The molecule has 1 aromatic carbocycles. The summed E-state index contributed by atoms with van der Waals surface area (Å²) >= 11 is 0. The Morgan fingerprint density at radius 3 is 2.36 bits per heavy atom. The number of methoxy groups -OCH3 is 2. The molecule has 1 heterocycles.